The average molecular weight is 526 g/mol. The van der Waals surface area contributed by atoms with Gasteiger partial charge < -0.3 is 14.2 Å². The highest BCUT2D eigenvalue weighted by atomic mass is 32.2. The van der Waals surface area contributed by atoms with Gasteiger partial charge in [-0.15, -0.1) is 10.2 Å². The molecule has 0 amide bonds. The molecular weight excluding hydrogens is 498 g/mol. The third-order valence-electron chi connectivity index (χ3n) is 5.67. The van der Waals surface area contributed by atoms with E-state index in [-0.39, 0.29) is 11.8 Å². The van der Waals surface area contributed by atoms with Crippen LogP contribution in [0.1, 0.15) is 24.4 Å². The van der Waals surface area contributed by atoms with E-state index < -0.39 is 21.4 Å². The Hall–Kier alpha value is -4.10. The Bertz CT molecular complexity index is 1460. The van der Waals surface area contributed by atoms with Crippen molar-refractivity contribution in [3.63, 3.8) is 0 Å². The number of nitrogens with one attached hydrogen (secondary N) is 1. The van der Waals surface area contributed by atoms with E-state index >= 15 is 0 Å². The lowest BCUT2D eigenvalue weighted by atomic mass is 10.2. The third-order valence-corrected chi connectivity index (χ3v) is 7.36. The minimum absolute atomic E-state index is 0.0741. The summed E-state index contributed by atoms with van der Waals surface area (Å²) in [5.41, 5.74) is 1.92. The summed E-state index contributed by atoms with van der Waals surface area (Å²) in [5.74, 6) is 1.33. The fourth-order valence-electron chi connectivity index (χ4n) is 3.83. The zero-order valence-corrected chi connectivity index (χ0v) is 21.8. The van der Waals surface area contributed by atoms with Crippen LogP contribution in [0.3, 0.4) is 0 Å². The van der Waals surface area contributed by atoms with Crippen molar-refractivity contribution >= 4 is 16.0 Å². The first-order chi connectivity index (χ1) is 17.8. The van der Waals surface area contributed by atoms with Crippen molar-refractivity contribution in [2.45, 2.75) is 25.2 Å². The number of aromatic nitrogens is 6. The number of benzene rings is 1. The molecule has 0 fully saturated rings. The van der Waals surface area contributed by atoms with E-state index in [9.17, 15) is 8.42 Å². The molecule has 4 rings (SSSR count). The molecule has 194 valence electrons. The second-order valence-corrected chi connectivity index (χ2v) is 10.1. The first kappa shape index (κ1) is 26.0. The fraction of sp³-hybridized carbons (Fsp3) is 0.292. The number of methoxy groups -OCH3 is 3. The summed E-state index contributed by atoms with van der Waals surface area (Å²) in [7, 11) is 0.317. The smallest absolute Gasteiger partial charge is 0.243 e. The van der Waals surface area contributed by atoms with Crippen molar-refractivity contribution in [2.24, 2.45) is 0 Å². The molecule has 37 heavy (non-hydrogen) atoms. The van der Waals surface area contributed by atoms with Gasteiger partial charge in [-0.25, -0.2) is 18.4 Å². The Morgan fingerprint density at radius 3 is 2.24 bits per heavy atom. The Morgan fingerprint density at radius 2 is 1.65 bits per heavy atom. The number of hydrogen-bond donors (Lipinski definition) is 1. The van der Waals surface area contributed by atoms with Gasteiger partial charge in [-0.3, -0.25) is 14.3 Å². The van der Waals surface area contributed by atoms with E-state index in [4.69, 9.17) is 14.2 Å². The normalized spacial score (nSPS) is 13.1. The number of ether oxygens (including phenoxy) is 3. The SMILES string of the molecule is COc1cccc(OC)c1-n1c(NS(=O)(=O)[C@@H](C)[C@H](OC)c2ncccn2)nnc1-c1cncc(C)c1. The number of sulfonamides is 1. The topological polar surface area (TPSA) is 143 Å². The lowest BCUT2D eigenvalue weighted by molar-refractivity contribution is 0.0950. The van der Waals surface area contributed by atoms with Crippen molar-refractivity contribution in [3.05, 3.63) is 66.5 Å². The highest BCUT2D eigenvalue weighted by Crippen LogP contribution is 2.38. The Morgan fingerprint density at radius 1 is 0.973 bits per heavy atom. The lowest BCUT2D eigenvalue weighted by Crippen LogP contribution is -2.33. The van der Waals surface area contributed by atoms with Crippen LogP contribution in [0.15, 0.2) is 55.1 Å². The van der Waals surface area contributed by atoms with Crippen LogP contribution in [0.25, 0.3) is 17.1 Å². The van der Waals surface area contributed by atoms with Crippen LogP contribution < -0.4 is 14.2 Å². The van der Waals surface area contributed by atoms with Crippen LogP contribution in [-0.4, -0.2) is 64.7 Å². The van der Waals surface area contributed by atoms with Crippen LogP contribution in [0.4, 0.5) is 5.95 Å². The molecule has 4 aromatic rings. The number of para-hydroxylation sites is 1. The van der Waals surface area contributed by atoms with Gasteiger partial charge in [0.1, 0.15) is 28.5 Å². The van der Waals surface area contributed by atoms with Gasteiger partial charge in [0.05, 0.1) is 14.2 Å². The molecule has 0 unspecified atom stereocenters. The number of hydrogen-bond acceptors (Lipinski definition) is 10. The van der Waals surface area contributed by atoms with Gasteiger partial charge in [-0.05, 0) is 43.7 Å². The summed E-state index contributed by atoms with van der Waals surface area (Å²) in [5, 5.41) is 7.40. The average Bonchev–Trinajstić information content (AvgIpc) is 3.31. The van der Waals surface area contributed by atoms with E-state index in [1.54, 1.807) is 36.7 Å². The van der Waals surface area contributed by atoms with Gasteiger partial charge in [-0.1, -0.05) is 6.07 Å². The second-order valence-electron chi connectivity index (χ2n) is 8.06. The summed E-state index contributed by atoms with van der Waals surface area (Å²) in [6, 6.07) is 8.71. The Labute approximate surface area is 214 Å². The number of pyridine rings is 1. The predicted molar refractivity (Wildman–Crippen MR) is 136 cm³/mol. The fourth-order valence-corrected chi connectivity index (χ4v) is 4.96. The van der Waals surface area contributed by atoms with E-state index in [2.05, 4.69) is 29.9 Å². The molecular formula is C24H27N7O5S. The van der Waals surface area contributed by atoms with E-state index in [0.29, 0.717) is 28.6 Å². The Balaban J connectivity index is 1.86. The maximum Gasteiger partial charge on any atom is 0.243 e. The third kappa shape index (κ3) is 5.22. The van der Waals surface area contributed by atoms with Crippen LogP contribution in [-0.2, 0) is 14.8 Å². The van der Waals surface area contributed by atoms with Gasteiger partial charge in [0, 0.05) is 37.5 Å². The van der Waals surface area contributed by atoms with Crippen molar-refractivity contribution in [2.75, 3.05) is 26.1 Å². The summed E-state index contributed by atoms with van der Waals surface area (Å²) >= 11 is 0. The molecule has 0 saturated heterocycles. The highest BCUT2D eigenvalue weighted by Gasteiger charge is 2.35. The second kappa shape index (κ2) is 10.9. The highest BCUT2D eigenvalue weighted by molar-refractivity contribution is 7.93. The van der Waals surface area contributed by atoms with Crippen molar-refractivity contribution in [3.8, 4) is 28.6 Å². The molecule has 0 radical (unpaired) electrons. The monoisotopic (exact) mass is 525 g/mol. The molecule has 3 heterocycles. The molecule has 0 aliphatic rings. The molecule has 0 aliphatic heterocycles. The summed E-state index contributed by atoms with van der Waals surface area (Å²) < 4.78 is 47.9. The van der Waals surface area contributed by atoms with Gasteiger partial charge in [0.25, 0.3) is 0 Å². The summed E-state index contributed by atoms with van der Waals surface area (Å²) in [6.45, 7) is 3.39. The van der Waals surface area contributed by atoms with Gasteiger partial charge in [-0.2, -0.15) is 0 Å². The molecule has 1 N–H and O–H groups in total. The standard InChI is InChI=1S/C24H27N7O5S/c1-15-12-17(14-25-13-15)23-28-29-24(31(23)20-18(34-3)8-6-9-19(20)35-4)30-37(32,33)16(2)21(36-5)22-26-10-7-11-27-22/h6-14,16,21H,1-5H3,(H,29,30)/t16-,21-/m0/s1. The largest absolute Gasteiger partial charge is 0.494 e. The van der Waals surface area contributed by atoms with Gasteiger partial charge in [0.2, 0.25) is 16.0 Å². The zero-order valence-electron chi connectivity index (χ0n) is 21.0. The number of rotatable bonds is 10. The predicted octanol–water partition coefficient (Wildman–Crippen LogP) is 2.96. The van der Waals surface area contributed by atoms with Crippen molar-refractivity contribution in [1.82, 2.24) is 29.7 Å². The molecule has 3 aromatic heterocycles. The molecule has 13 heteroatoms. The number of aryl methyl sites for hydroxylation is 1. The molecule has 12 nitrogen and oxygen atoms in total. The van der Waals surface area contributed by atoms with Crippen molar-refractivity contribution in [1.29, 1.82) is 0 Å². The lowest BCUT2D eigenvalue weighted by Gasteiger charge is -2.22. The van der Waals surface area contributed by atoms with Crippen LogP contribution in [0.5, 0.6) is 11.5 Å². The van der Waals surface area contributed by atoms with Gasteiger partial charge in [0.15, 0.2) is 11.6 Å². The molecule has 0 bridgehead atoms. The van der Waals surface area contributed by atoms with E-state index in [1.165, 1.54) is 45.2 Å². The molecule has 2 atom stereocenters. The zero-order chi connectivity index (χ0) is 26.6. The van der Waals surface area contributed by atoms with E-state index in [0.717, 1.165) is 5.56 Å². The van der Waals surface area contributed by atoms with Crippen LogP contribution >= 0.6 is 0 Å². The van der Waals surface area contributed by atoms with Gasteiger partial charge >= 0.3 is 0 Å². The summed E-state index contributed by atoms with van der Waals surface area (Å²) in [4.78, 5) is 12.6. The number of anilines is 1. The quantitative estimate of drug-likeness (QED) is 0.328. The van der Waals surface area contributed by atoms with E-state index in [1.807, 2.05) is 13.0 Å². The Kier molecular flexibility index (Phi) is 7.64. The van der Waals surface area contributed by atoms with Crippen LogP contribution in [0, 0.1) is 6.92 Å². The molecule has 1 aromatic carbocycles. The maximum atomic E-state index is 13.6. The molecule has 0 spiro atoms. The maximum absolute atomic E-state index is 13.6. The minimum Gasteiger partial charge on any atom is -0.494 e. The molecule has 0 aliphatic carbocycles. The minimum atomic E-state index is -4.10. The number of nitrogens with zero attached hydrogens (tertiary/aromatic N) is 6. The first-order valence-corrected chi connectivity index (χ1v) is 12.8. The molecule has 0 saturated carbocycles. The van der Waals surface area contributed by atoms with Crippen molar-refractivity contribution < 1.29 is 22.6 Å². The summed E-state index contributed by atoms with van der Waals surface area (Å²) in [6.07, 6.45) is 5.43. The van der Waals surface area contributed by atoms with Crippen LogP contribution in [0.2, 0.25) is 0 Å². The first-order valence-electron chi connectivity index (χ1n) is 11.2.